The van der Waals surface area contributed by atoms with Gasteiger partial charge in [-0.2, -0.15) is 0 Å². The number of allylic oxidation sites excluding steroid dienone is 2. The average molecular weight is 575 g/mol. The Morgan fingerprint density at radius 1 is 1.05 bits per heavy atom. The Hall–Kier alpha value is -4.31. The summed E-state index contributed by atoms with van der Waals surface area (Å²) in [6, 6.07) is 15.5. The van der Waals surface area contributed by atoms with Crippen LogP contribution in [0.5, 0.6) is 0 Å². The number of dihydropyridines is 1. The monoisotopic (exact) mass is 574 g/mol. The second-order valence-corrected chi connectivity index (χ2v) is 11.3. The van der Waals surface area contributed by atoms with Crippen molar-refractivity contribution >= 4 is 23.3 Å². The summed E-state index contributed by atoms with van der Waals surface area (Å²) in [7, 11) is 1.25. The third-order valence-electron chi connectivity index (χ3n) is 7.92. The molecule has 10 nitrogen and oxygen atoms in total. The van der Waals surface area contributed by atoms with Crippen LogP contribution >= 0.6 is 0 Å². The minimum absolute atomic E-state index is 0.0552. The van der Waals surface area contributed by atoms with E-state index in [0.29, 0.717) is 36.3 Å². The van der Waals surface area contributed by atoms with Crippen LogP contribution in [0.25, 0.3) is 0 Å². The first-order valence-electron chi connectivity index (χ1n) is 14.2. The number of rotatable bonds is 9. The Labute approximate surface area is 245 Å². The second kappa shape index (κ2) is 13.1. The lowest BCUT2D eigenvalue weighted by molar-refractivity contribution is -0.384. The molecule has 42 heavy (non-hydrogen) atoms. The number of Topliss-reactive ketones (excluding diaryl/α,β-unsaturated/α-hetero) is 1. The fraction of sp³-hybridized carbons (Fsp3) is 0.406. The summed E-state index contributed by atoms with van der Waals surface area (Å²) in [4.78, 5) is 51.7. The number of carbonyl (C=O) groups is 3. The molecule has 2 aromatic rings. The molecule has 222 valence electrons. The number of esters is 1. The zero-order chi connectivity index (χ0) is 30.6. The molecule has 0 bridgehead atoms. The van der Waals surface area contributed by atoms with Gasteiger partial charge in [0.1, 0.15) is 0 Å². The number of nitrogens with one attached hydrogen (secondary N) is 2. The molecular weight excluding hydrogens is 536 g/mol. The number of carbonyl (C=O) groups excluding carboxylic acids is 3. The molecule has 1 saturated heterocycles. The number of hydrazine groups is 1. The quantitative estimate of drug-likeness (QED) is 0.246. The molecule has 4 rings (SSSR count). The molecule has 0 radical (unpaired) electrons. The summed E-state index contributed by atoms with van der Waals surface area (Å²) in [5, 5.41) is 16.4. The molecule has 10 heteroatoms. The molecule has 2 N–H and O–H groups in total. The Bertz CT molecular complexity index is 1430. The molecule has 2 aliphatic rings. The van der Waals surface area contributed by atoms with Crippen molar-refractivity contribution < 1.29 is 24.0 Å². The Kier molecular flexibility index (Phi) is 9.57. The topological polar surface area (TPSA) is 131 Å². The summed E-state index contributed by atoms with van der Waals surface area (Å²) >= 11 is 0. The van der Waals surface area contributed by atoms with Crippen LogP contribution in [0.15, 0.2) is 77.1 Å². The van der Waals surface area contributed by atoms with Crippen LogP contribution in [0.4, 0.5) is 5.69 Å². The predicted molar refractivity (Wildman–Crippen MR) is 158 cm³/mol. The molecule has 2 aliphatic heterocycles. The van der Waals surface area contributed by atoms with Crippen molar-refractivity contribution in [3.8, 4) is 0 Å². The van der Waals surface area contributed by atoms with E-state index in [1.165, 1.54) is 25.3 Å². The van der Waals surface area contributed by atoms with Crippen LogP contribution in [-0.2, 0) is 19.1 Å². The number of hydrogen-bond acceptors (Lipinski definition) is 8. The summed E-state index contributed by atoms with van der Waals surface area (Å²) in [5.74, 6) is -1.68. The van der Waals surface area contributed by atoms with E-state index >= 15 is 0 Å². The molecule has 2 heterocycles. The highest BCUT2D eigenvalue weighted by atomic mass is 16.6. The number of nitro groups is 1. The maximum Gasteiger partial charge on any atom is 0.336 e. The van der Waals surface area contributed by atoms with Gasteiger partial charge in [-0.3, -0.25) is 25.1 Å². The van der Waals surface area contributed by atoms with Gasteiger partial charge in [-0.15, -0.1) is 0 Å². The first-order valence-corrected chi connectivity index (χ1v) is 14.2. The molecule has 0 aliphatic carbocycles. The van der Waals surface area contributed by atoms with Crippen molar-refractivity contribution in [3.63, 3.8) is 0 Å². The second-order valence-electron chi connectivity index (χ2n) is 11.3. The zero-order valence-electron chi connectivity index (χ0n) is 24.7. The number of ketones is 1. The Balaban J connectivity index is 1.70. The van der Waals surface area contributed by atoms with Crippen LogP contribution in [0.3, 0.4) is 0 Å². The van der Waals surface area contributed by atoms with Gasteiger partial charge in [-0.1, -0.05) is 56.3 Å². The molecule has 2 aromatic carbocycles. The number of methoxy groups -OCH3 is 1. The van der Waals surface area contributed by atoms with E-state index in [2.05, 4.69) is 22.9 Å². The van der Waals surface area contributed by atoms with Gasteiger partial charge in [0.2, 0.25) is 0 Å². The van der Waals surface area contributed by atoms with Gasteiger partial charge in [0.05, 0.1) is 29.6 Å². The third-order valence-corrected chi connectivity index (χ3v) is 7.92. The fourth-order valence-electron chi connectivity index (χ4n) is 5.99. The van der Waals surface area contributed by atoms with Gasteiger partial charge in [-0.25, -0.2) is 9.80 Å². The first kappa shape index (κ1) is 30.6. The van der Waals surface area contributed by atoms with Gasteiger partial charge in [-0.05, 0) is 49.7 Å². The molecule has 1 amide bonds. The summed E-state index contributed by atoms with van der Waals surface area (Å²) in [5.41, 5.74) is 5.80. The number of amides is 1. The Morgan fingerprint density at radius 3 is 2.36 bits per heavy atom. The molecule has 3 unspecified atom stereocenters. The van der Waals surface area contributed by atoms with Crippen molar-refractivity contribution in [1.29, 1.82) is 0 Å². The number of nitro benzene ring substituents is 1. The molecule has 0 spiro atoms. The number of piperidine rings is 1. The summed E-state index contributed by atoms with van der Waals surface area (Å²) in [6.45, 7) is 7.86. The molecule has 0 aromatic heterocycles. The number of non-ortho nitro benzene ring substituents is 1. The van der Waals surface area contributed by atoms with E-state index in [-0.39, 0.29) is 34.5 Å². The lowest BCUT2D eigenvalue weighted by atomic mass is 9.80. The normalized spacial score (nSPS) is 21.1. The van der Waals surface area contributed by atoms with Gasteiger partial charge >= 0.3 is 5.97 Å². The highest BCUT2D eigenvalue weighted by molar-refractivity contribution is 6.02. The molecule has 1 fully saturated rings. The number of hydrogen-bond donors (Lipinski definition) is 2. The van der Waals surface area contributed by atoms with E-state index in [4.69, 9.17) is 4.74 Å². The van der Waals surface area contributed by atoms with Crippen molar-refractivity contribution in [2.24, 2.45) is 5.92 Å². The van der Waals surface area contributed by atoms with Crippen LogP contribution in [-0.4, -0.2) is 47.3 Å². The van der Waals surface area contributed by atoms with Gasteiger partial charge in [0, 0.05) is 42.1 Å². The van der Waals surface area contributed by atoms with E-state index in [1.54, 1.807) is 24.9 Å². The van der Waals surface area contributed by atoms with Crippen molar-refractivity contribution in [2.45, 2.75) is 64.8 Å². The number of nitrogens with zero attached hydrogens (tertiary/aromatic N) is 2. The van der Waals surface area contributed by atoms with E-state index < -0.39 is 28.8 Å². The standard InChI is InChI=1S/C32H38N4O6/c1-19(2)16-27(37)26-18-23(22-10-7-6-8-11-22)14-15-35(26)34-31(38)28-20(3)33-21(4)29(32(39)42-5)30(28)24-12-9-13-25(17-24)36(40)41/h6-13,17,19,23,26,30,33H,14-16,18H2,1-5H3,(H,34,38). The third kappa shape index (κ3) is 6.60. The van der Waals surface area contributed by atoms with Gasteiger partial charge < -0.3 is 10.1 Å². The SMILES string of the molecule is COC(=O)C1=C(C)NC(C)=C(C(=O)NN2CCC(c3ccccc3)CC2C(=O)CC(C)C)C1c1cccc([N+](=O)[O-])c1. The van der Waals surface area contributed by atoms with Gasteiger partial charge in [0.15, 0.2) is 5.78 Å². The van der Waals surface area contributed by atoms with Crippen LogP contribution in [0.2, 0.25) is 0 Å². The molecular formula is C32H38N4O6. The minimum atomic E-state index is -0.926. The van der Waals surface area contributed by atoms with Crippen molar-refractivity contribution in [2.75, 3.05) is 13.7 Å². The van der Waals surface area contributed by atoms with E-state index in [9.17, 15) is 24.5 Å². The van der Waals surface area contributed by atoms with Crippen molar-refractivity contribution in [1.82, 2.24) is 15.8 Å². The first-order chi connectivity index (χ1) is 20.0. The highest BCUT2D eigenvalue weighted by Gasteiger charge is 2.40. The smallest absolute Gasteiger partial charge is 0.336 e. The lowest BCUT2D eigenvalue weighted by Crippen LogP contribution is -2.56. The van der Waals surface area contributed by atoms with Gasteiger partial charge in [0.25, 0.3) is 11.6 Å². The number of ether oxygens (including phenoxy) is 1. The largest absolute Gasteiger partial charge is 0.466 e. The summed E-state index contributed by atoms with van der Waals surface area (Å²) in [6.07, 6.45) is 1.69. The maximum atomic E-state index is 14.1. The van der Waals surface area contributed by atoms with Crippen LogP contribution in [0, 0.1) is 16.0 Å². The van der Waals surface area contributed by atoms with E-state index in [1.807, 2.05) is 32.0 Å². The average Bonchev–Trinajstić information content (AvgIpc) is 2.96. The molecule has 3 atom stereocenters. The maximum absolute atomic E-state index is 14.1. The minimum Gasteiger partial charge on any atom is -0.466 e. The van der Waals surface area contributed by atoms with E-state index in [0.717, 1.165) is 12.0 Å². The lowest BCUT2D eigenvalue weighted by Gasteiger charge is -2.40. The van der Waals surface area contributed by atoms with Crippen molar-refractivity contribution in [3.05, 3.63) is 98.4 Å². The van der Waals surface area contributed by atoms with Crippen LogP contribution in [0.1, 0.15) is 69.9 Å². The summed E-state index contributed by atoms with van der Waals surface area (Å²) < 4.78 is 5.06. The zero-order valence-corrected chi connectivity index (χ0v) is 24.7. The molecule has 0 saturated carbocycles. The fourth-order valence-corrected chi connectivity index (χ4v) is 5.99. The predicted octanol–water partition coefficient (Wildman–Crippen LogP) is 4.90. The highest BCUT2D eigenvalue weighted by Crippen LogP contribution is 2.40. The number of benzene rings is 2. The Morgan fingerprint density at radius 2 is 1.71 bits per heavy atom. The van der Waals surface area contributed by atoms with Crippen LogP contribution < -0.4 is 10.7 Å².